The Morgan fingerprint density at radius 1 is 1.18 bits per heavy atom. The van der Waals surface area contributed by atoms with Crippen LogP contribution in [-0.4, -0.2) is 10.9 Å². The standard InChI is InChI=1S/C16H13ClN2OS2/c17-14-8-7-13(22-14)12-10-21-16(18-12)19-15(20)9-6-11-4-2-1-3-5-11/h1-5,7-8,10H,6,9H2,(H,18,19,20). The second kappa shape index (κ2) is 7.05. The molecule has 6 heteroatoms. The van der Waals surface area contributed by atoms with Gasteiger partial charge in [-0.2, -0.15) is 0 Å². The zero-order chi connectivity index (χ0) is 15.4. The quantitative estimate of drug-likeness (QED) is 0.697. The normalized spacial score (nSPS) is 10.6. The number of hydrogen-bond acceptors (Lipinski definition) is 4. The summed E-state index contributed by atoms with van der Waals surface area (Å²) in [6, 6.07) is 13.8. The maximum Gasteiger partial charge on any atom is 0.226 e. The molecule has 0 fully saturated rings. The van der Waals surface area contributed by atoms with Crippen molar-refractivity contribution in [2.45, 2.75) is 12.8 Å². The molecule has 0 spiro atoms. The number of thiophene rings is 1. The lowest BCUT2D eigenvalue weighted by atomic mass is 10.1. The largest absolute Gasteiger partial charge is 0.302 e. The predicted octanol–water partition coefficient (Wildman–Crippen LogP) is 5.10. The van der Waals surface area contributed by atoms with E-state index in [0.717, 1.165) is 26.9 Å². The molecule has 3 nitrogen and oxygen atoms in total. The van der Waals surface area contributed by atoms with E-state index in [4.69, 9.17) is 11.6 Å². The van der Waals surface area contributed by atoms with Gasteiger partial charge in [-0.3, -0.25) is 4.79 Å². The van der Waals surface area contributed by atoms with Crippen LogP contribution in [0.15, 0.2) is 47.8 Å². The molecule has 1 N–H and O–H groups in total. The number of nitrogens with one attached hydrogen (secondary N) is 1. The van der Waals surface area contributed by atoms with Gasteiger partial charge in [-0.25, -0.2) is 4.98 Å². The Morgan fingerprint density at radius 3 is 2.73 bits per heavy atom. The minimum atomic E-state index is -0.0195. The van der Waals surface area contributed by atoms with Gasteiger partial charge in [0.15, 0.2) is 5.13 Å². The first-order valence-electron chi connectivity index (χ1n) is 6.76. The third kappa shape index (κ3) is 3.94. The molecule has 0 saturated carbocycles. The van der Waals surface area contributed by atoms with Crippen LogP contribution < -0.4 is 5.32 Å². The molecule has 0 saturated heterocycles. The monoisotopic (exact) mass is 348 g/mol. The minimum Gasteiger partial charge on any atom is -0.302 e. The van der Waals surface area contributed by atoms with E-state index in [9.17, 15) is 4.79 Å². The second-order valence-electron chi connectivity index (χ2n) is 4.68. The highest BCUT2D eigenvalue weighted by Gasteiger charge is 2.09. The highest BCUT2D eigenvalue weighted by molar-refractivity contribution is 7.20. The van der Waals surface area contributed by atoms with Gasteiger partial charge >= 0.3 is 0 Å². The van der Waals surface area contributed by atoms with Crippen molar-refractivity contribution in [2.24, 2.45) is 0 Å². The van der Waals surface area contributed by atoms with E-state index >= 15 is 0 Å². The molecule has 0 aliphatic heterocycles. The van der Waals surface area contributed by atoms with Gasteiger partial charge in [0.2, 0.25) is 5.91 Å². The van der Waals surface area contributed by atoms with Crippen molar-refractivity contribution in [1.82, 2.24) is 4.98 Å². The first kappa shape index (κ1) is 15.2. The van der Waals surface area contributed by atoms with Crippen LogP contribution >= 0.6 is 34.3 Å². The molecule has 1 amide bonds. The van der Waals surface area contributed by atoms with Gasteiger partial charge in [0.05, 0.1) is 14.9 Å². The summed E-state index contributed by atoms with van der Waals surface area (Å²) in [4.78, 5) is 17.4. The van der Waals surface area contributed by atoms with Crippen molar-refractivity contribution >= 4 is 45.3 Å². The lowest BCUT2D eigenvalue weighted by Gasteiger charge is -2.02. The van der Waals surface area contributed by atoms with Crippen LogP contribution in [0.3, 0.4) is 0 Å². The Morgan fingerprint density at radius 2 is 2.00 bits per heavy atom. The summed E-state index contributed by atoms with van der Waals surface area (Å²) in [6.45, 7) is 0. The topological polar surface area (TPSA) is 42.0 Å². The number of rotatable bonds is 5. The van der Waals surface area contributed by atoms with Crippen LogP contribution in [0.25, 0.3) is 10.6 Å². The molecule has 3 aromatic rings. The van der Waals surface area contributed by atoms with Gasteiger partial charge in [-0.15, -0.1) is 22.7 Å². The van der Waals surface area contributed by atoms with Crippen molar-refractivity contribution in [3.63, 3.8) is 0 Å². The molecular formula is C16H13ClN2OS2. The Bertz CT molecular complexity index is 767. The first-order chi connectivity index (χ1) is 10.7. The average molecular weight is 349 g/mol. The van der Waals surface area contributed by atoms with E-state index in [2.05, 4.69) is 10.3 Å². The SMILES string of the molecule is O=C(CCc1ccccc1)Nc1nc(-c2ccc(Cl)s2)cs1. The number of hydrogen-bond donors (Lipinski definition) is 1. The summed E-state index contributed by atoms with van der Waals surface area (Å²) in [7, 11) is 0. The van der Waals surface area contributed by atoms with E-state index in [1.807, 2.05) is 47.8 Å². The van der Waals surface area contributed by atoms with Crippen LogP contribution in [0.2, 0.25) is 4.34 Å². The van der Waals surface area contributed by atoms with Crippen LogP contribution in [-0.2, 0) is 11.2 Å². The van der Waals surface area contributed by atoms with Crippen molar-refractivity contribution in [3.8, 4) is 10.6 Å². The minimum absolute atomic E-state index is 0.0195. The van der Waals surface area contributed by atoms with Gasteiger partial charge in [0.25, 0.3) is 0 Å². The Hall–Kier alpha value is -1.69. The molecule has 3 rings (SSSR count). The van der Waals surface area contributed by atoms with Gasteiger partial charge < -0.3 is 5.32 Å². The van der Waals surface area contributed by atoms with Crippen molar-refractivity contribution in [3.05, 3.63) is 57.7 Å². The molecule has 0 bridgehead atoms. The summed E-state index contributed by atoms with van der Waals surface area (Å²) in [5.41, 5.74) is 2.01. The molecule has 0 radical (unpaired) electrons. The smallest absolute Gasteiger partial charge is 0.226 e. The summed E-state index contributed by atoms with van der Waals surface area (Å²) < 4.78 is 0.733. The van der Waals surface area contributed by atoms with Crippen molar-refractivity contribution < 1.29 is 4.79 Å². The molecule has 112 valence electrons. The lowest BCUT2D eigenvalue weighted by molar-refractivity contribution is -0.116. The number of carbonyl (C=O) groups excluding carboxylic acids is 1. The number of halogens is 1. The van der Waals surface area contributed by atoms with Gasteiger partial charge in [-0.1, -0.05) is 41.9 Å². The first-order valence-corrected chi connectivity index (χ1v) is 8.83. The third-order valence-corrected chi connectivity index (χ3v) is 5.07. The summed E-state index contributed by atoms with van der Waals surface area (Å²) in [5, 5.41) is 5.40. The van der Waals surface area contributed by atoms with Crippen molar-refractivity contribution in [2.75, 3.05) is 5.32 Å². The molecule has 22 heavy (non-hydrogen) atoms. The number of aromatic nitrogens is 1. The Balaban J connectivity index is 1.57. The molecule has 1 aromatic carbocycles. The van der Waals surface area contributed by atoms with E-state index in [-0.39, 0.29) is 5.91 Å². The molecule has 2 heterocycles. The maximum atomic E-state index is 12.0. The zero-order valence-electron chi connectivity index (χ0n) is 11.6. The molecule has 0 atom stereocenters. The second-order valence-corrected chi connectivity index (χ2v) is 7.25. The van der Waals surface area contributed by atoms with Crippen LogP contribution in [0.4, 0.5) is 5.13 Å². The van der Waals surface area contributed by atoms with Crippen molar-refractivity contribution in [1.29, 1.82) is 0 Å². The zero-order valence-corrected chi connectivity index (χ0v) is 14.0. The number of carbonyl (C=O) groups is 1. The van der Waals surface area contributed by atoms with E-state index in [1.54, 1.807) is 0 Å². The summed E-state index contributed by atoms with van der Waals surface area (Å²) >= 11 is 8.83. The Kier molecular flexibility index (Phi) is 4.87. The maximum absolute atomic E-state index is 12.0. The average Bonchev–Trinajstić information content (AvgIpc) is 3.15. The number of thiazole rings is 1. The number of amides is 1. The van der Waals surface area contributed by atoms with Crippen LogP contribution in [0.5, 0.6) is 0 Å². The van der Waals surface area contributed by atoms with Gasteiger partial charge in [-0.05, 0) is 24.1 Å². The third-order valence-electron chi connectivity index (χ3n) is 3.06. The highest BCUT2D eigenvalue weighted by Crippen LogP contribution is 2.32. The molecule has 0 unspecified atom stereocenters. The summed E-state index contributed by atoms with van der Waals surface area (Å²) in [6.07, 6.45) is 1.18. The Labute approximate surface area is 141 Å². The molecule has 0 aliphatic rings. The number of benzene rings is 1. The van der Waals surface area contributed by atoms with Gasteiger partial charge in [0.1, 0.15) is 0 Å². The van der Waals surface area contributed by atoms with Crippen LogP contribution in [0, 0.1) is 0 Å². The van der Waals surface area contributed by atoms with E-state index in [1.165, 1.54) is 22.7 Å². The highest BCUT2D eigenvalue weighted by atomic mass is 35.5. The van der Waals surface area contributed by atoms with Gasteiger partial charge in [0, 0.05) is 11.8 Å². The molecular weight excluding hydrogens is 336 g/mol. The predicted molar refractivity (Wildman–Crippen MR) is 93.8 cm³/mol. The number of anilines is 1. The van der Waals surface area contributed by atoms with E-state index in [0.29, 0.717) is 11.6 Å². The van der Waals surface area contributed by atoms with E-state index < -0.39 is 0 Å². The fraction of sp³-hybridized carbons (Fsp3) is 0.125. The molecule has 0 aliphatic carbocycles. The van der Waals surface area contributed by atoms with Crippen LogP contribution in [0.1, 0.15) is 12.0 Å². The fourth-order valence-corrected chi connectivity index (χ4v) is 3.79. The molecule has 2 aromatic heterocycles. The lowest BCUT2D eigenvalue weighted by Crippen LogP contribution is -2.12. The fourth-order valence-electron chi connectivity index (χ4n) is 1.98. The summed E-state index contributed by atoms with van der Waals surface area (Å²) in [5.74, 6) is -0.0195. The number of aryl methyl sites for hydroxylation is 1. The number of nitrogens with zero attached hydrogens (tertiary/aromatic N) is 1.